The van der Waals surface area contributed by atoms with Crippen LogP contribution in [0, 0.1) is 0 Å². The third kappa shape index (κ3) is 4.92. The van der Waals surface area contributed by atoms with E-state index in [1.165, 1.54) is 23.9 Å². The Kier molecular flexibility index (Phi) is 6.67. The number of thioether (sulfide) groups is 1. The molecule has 1 saturated heterocycles. The lowest BCUT2D eigenvalue weighted by atomic mass is 10.2. The van der Waals surface area contributed by atoms with E-state index in [9.17, 15) is 18.0 Å². The maximum atomic E-state index is 13.0. The van der Waals surface area contributed by atoms with Gasteiger partial charge in [-0.1, -0.05) is 18.2 Å². The van der Waals surface area contributed by atoms with Crippen LogP contribution in [0.1, 0.15) is 44.2 Å². The zero-order valence-corrected chi connectivity index (χ0v) is 18.1. The molecule has 0 aromatic heterocycles. The molecule has 0 saturated carbocycles. The fourth-order valence-corrected chi connectivity index (χ4v) is 4.74. The van der Waals surface area contributed by atoms with Crippen molar-refractivity contribution >= 4 is 17.7 Å². The lowest BCUT2D eigenvalue weighted by Gasteiger charge is -2.41. The smallest absolute Gasteiger partial charge is 0.416 e. The highest BCUT2D eigenvalue weighted by Gasteiger charge is 2.39. The Morgan fingerprint density at radius 2 is 1.63 bits per heavy atom. The SMILES string of the molecule is CC(C)N(C(C)C)N1C(=O)CSC1c1cccc(Oc2cccc(C(F)(F)F)c2)c1. The fourth-order valence-electron chi connectivity index (χ4n) is 3.60. The highest BCUT2D eigenvalue weighted by molar-refractivity contribution is 8.00. The van der Waals surface area contributed by atoms with Crippen LogP contribution in [0.2, 0.25) is 0 Å². The Labute approximate surface area is 179 Å². The molecule has 1 aliphatic rings. The summed E-state index contributed by atoms with van der Waals surface area (Å²) in [5.74, 6) is 0.947. The van der Waals surface area contributed by atoms with Gasteiger partial charge < -0.3 is 4.74 Å². The molecule has 3 rings (SSSR count). The predicted molar refractivity (Wildman–Crippen MR) is 112 cm³/mol. The van der Waals surface area contributed by atoms with Gasteiger partial charge in [0, 0.05) is 12.1 Å². The number of benzene rings is 2. The van der Waals surface area contributed by atoms with Gasteiger partial charge in [0.25, 0.3) is 0 Å². The predicted octanol–water partition coefficient (Wildman–Crippen LogP) is 6.11. The topological polar surface area (TPSA) is 32.8 Å². The lowest BCUT2D eigenvalue weighted by Crippen LogP contribution is -2.52. The highest BCUT2D eigenvalue weighted by atomic mass is 32.2. The number of amides is 1. The molecule has 8 heteroatoms. The van der Waals surface area contributed by atoms with Crippen molar-refractivity contribution < 1.29 is 22.7 Å². The summed E-state index contributed by atoms with van der Waals surface area (Å²) in [5, 5.41) is 3.64. The van der Waals surface area contributed by atoms with Crippen molar-refractivity contribution in [2.45, 2.75) is 51.3 Å². The molecule has 1 atom stereocenters. The van der Waals surface area contributed by atoms with Crippen LogP contribution < -0.4 is 4.74 Å². The molecular formula is C22H25F3N2O2S. The van der Waals surface area contributed by atoms with Crippen LogP contribution in [0.15, 0.2) is 48.5 Å². The Morgan fingerprint density at radius 3 is 2.23 bits per heavy atom. The molecule has 1 unspecified atom stereocenters. The molecule has 162 valence electrons. The van der Waals surface area contributed by atoms with Gasteiger partial charge in [-0.3, -0.25) is 9.80 Å². The number of rotatable bonds is 6. The number of ether oxygens (including phenoxy) is 1. The monoisotopic (exact) mass is 438 g/mol. The molecule has 0 spiro atoms. The van der Waals surface area contributed by atoms with Crippen LogP contribution >= 0.6 is 11.8 Å². The van der Waals surface area contributed by atoms with E-state index in [0.717, 1.165) is 17.7 Å². The van der Waals surface area contributed by atoms with Gasteiger partial charge in [-0.05, 0) is 63.6 Å². The largest absolute Gasteiger partial charge is 0.457 e. The fraction of sp³-hybridized carbons (Fsp3) is 0.409. The minimum Gasteiger partial charge on any atom is -0.457 e. The number of hydrogen-bond acceptors (Lipinski definition) is 4. The minimum atomic E-state index is -4.43. The van der Waals surface area contributed by atoms with Gasteiger partial charge in [0.15, 0.2) is 0 Å². The molecular weight excluding hydrogens is 413 g/mol. The molecule has 0 bridgehead atoms. The normalized spacial score (nSPS) is 17.5. The van der Waals surface area contributed by atoms with E-state index in [0.29, 0.717) is 11.5 Å². The van der Waals surface area contributed by atoms with E-state index in [-0.39, 0.29) is 29.1 Å². The summed E-state index contributed by atoms with van der Waals surface area (Å²) >= 11 is 1.53. The molecule has 2 aromatic carbocycles. The molecule has 30 heavy (non-hydrogen) atoms. The standard InChI is InChI=1S/C22H25F3N2O2S/c1-14(2)26(15(3)4)27-20(28)13-30-21(27)16-7-5-9-18(11-16)29-19-10-6-8-17(12-19)22(23,24)25/h5-12,14-15,21H,13H2,1-4H3. The van der Waals surface area contributed by atoms with Crippen LogP contribution in [-0.2, 0) is 11.0 Å². The van der Waals surface area contributed by atoms with E-state index in [2.05, 4.69) is 5.01 Å². The Morgan fingerprint density at radius 1 is 1.03 bits per heavy atom. The van der Waals surface area contributed by atoms with Crippen LogP contribution in [0.3, 0.4) is 0 Å². The summed E-state index contributed by atoms with van der Waals surface area (Å²) in [6.07, 6.45) is -4.43. The summed E-state index contributed by atoms with van der Waals surface area (Å²) in [6.45, 7) is 8.17. The van der Waals surface area contributed by atoms with Crippen LogP contribution in [-0.4, -0.2) is 33.8 Å². The molecule has 0 radical (unpaired) electrons. The Balaban J connectivity index is 1.87. The molecule has 1 heterocycles. The maximum absolute atomic E-state index is 13.0. The molecule has 0 aliphatic carbocycles. The molecule has 1 fully saturated rings. The summed E-state index contributed by atoms with van der Waals surface area (Å²) in [5.41, 5.74) is 0.102. The molecule has 4 nitrogen and oxygen atoms in total. The second-order valence-corrected chi connectivity index (χ2v) is 8.74. The Bertz CT molecular complexity index is 894. The number of hydrazine groups is 1. The summed E-state index contributed by atoms with van der Waals surface area (Å²) < 4.78 is 44.6. The van der Waals surface area contributed by atoms with Crippen LogP contribution in [0.4, 0.5) is 13.2 Å². The van der Waals surface area contributed by atoms with Gasteiger partial charge in [-0.25, -0.2) is 5.01 Å². The van der Waals surface area contributed by atoms with Crippen molar-refractivity contribution in [1.82, 2.24) is 10.0 Å². The summed E-state index contributed by atoms with van der Waals surface area (Å²) in [6, 6.07) is 12.2. The first-order valence-electron chi connectivity index (χ1n) is 9.75. The quantitative estimate of drug-likeness (QED) is 0.545. The number of hydrogen-bond donors (Lipinski definition) is 0. The van der Waals surface area contributed by atoms with E-state index < -0.39 is 11.7 Å². The van der Waals surface area contributed by atoms with E-state index in [1.807, 2.05) is 33.8 Å². The minimum absolute atomic E-state index is 0.0385. The van der Waals surface area contributed by atoms with Crippen LogP contribution in [0.5, 0.6) is 11.5 Å². The van der Waals surface area contributed by atoms with E-state index in [1.54, 1.807) is 23.2 Å². The van der Waals surface area contributed by atoms with Crippen molar-refractivity contribution in [1.29, 1.82) is 0 Å². The van der Waals surface area contributed by atoms with Gasteiger partial charge in [-0.15, -0.1) is 11.8 Å². The number of nitrogens with zero attached hydrogens (tertiary/aromatic N) is 2. The second-order valence-electron chi connectivity index (χ2n) is 7.67. The van der Waals surface area contributed by atoms with Gasteiger partial charge in [0.2, 0.25) is 5.91 Å². The second kappa shape index (κ2) is 8.89. The summed E-state index contributed by atoms with van der Waals surface area (Å²) in [7, 11) is 0. The molecule has 1 amide bonds. The van der Waals surface area contributed by atoms with E-state index in [4.69, 9.17) is 4.74 Å². The van der Waals surface area contributed by atoms with Gasteiger partial charge in [-0.2, -0.15) is 13.2 Å². The van der Waals surface area contributed by atoms with Gasteiger partial charge >= 0.3 is 6.18 Å². The zero-order valence-electron chi connectivity index (χ0n) is 17.3. The molecule has 2 aromatic rings. The first kappa shape index (κ1) is 22.5. The third-order valence-corrected chi connectivity index (χ3v) is 5.89. The number of alkyl halides is 3. The number of halogens is 3. The van der Waals surface area contributed by atoms with Gasteiger partial charge in [0.1, 0.15) is 16.9 Å². The van der Waals surface area contributed by atoms with Crippen molar-refractivity contribution in [3.05, 3.63) is 59.7 Å². The zero-order chi connectivity index (χ0) is 22.1. The van der Waals surface area contributed by atoms with Crippen molar-refractivity contribution in [3.63, 3.8) is 0 Å². The average Bonchev–Trinajstić information content (AvgIpc) is 3.02. The van der Waals surface area contributed by atoms with Crippen molar-refractivity contribution in [2.75, 3.05) is 5.75 Å². The third-order valence-electron chi connectivity index (χ3n) is 4.69. The maximum Gasteiger partial charge on any atom is 0.416 e. The summed E-state index contributed by atoms with van der Waals surface area (Å²) in [4.78, 5) is 12.6. The molecule has 1 aliphatic heterocycles. The first-order valence-corrected chi connectivity index (χ1v) is 10.8. The average molecular weight is 439 g/mol. The van der Waals surface area contributed by atoms with Crippen molar-refractivity contribution in [3.8, 4) is 11.5 Å². The lowest BCUT2D eigenvalue weighted by molar-refractivity contribution is -0.154. The number of carbonyl (C=O) groups excluding carboxylic acids is 1. The number of carbonyl (C=O) groups is 1. The Hall–Kier alpha value is -2.19. The van der Waals surface area contributed by atoms with E-state index >= 15 is 0 Å². The molecule has 0 N–H and O–H groups in total. The van der Waals surface area contributed by atoms with Gasteiger partial charge in [0.05, 0.1) is 11.3 Å². The van der Waals surface area contributed by atoms with Crippen LogP contribution in [0.25, 0.3) is 0 Å². The first-order chi connectivity index (χ1) is 14.1. The highest BCUT2D eigenvalue weighted by Crippen LogP contribution is 2.42. The van der Waals surface area contributed by atoms with Crippen molar-refractivity contribution in [2.24, 2.45) is 0 Å².